The number of aromatic hydroxyl groups is 1. The SMILES string of the molecule is COc1ccc(CCN2C(=O)C(=O)/C(=C(/O)c3cc(C(C)(C)C)ccc3C)C2c2ccc(O)cc2)cc1OC. The molecule has 7 nitrogen and oxygen atoms in total. The van der Waals surface area contributed by atoms with Crippen LogP contribution in [0.4, 0.5) is 0 Å². The number of amides is 1. The molecular formula is C32H35NO6. The highest BCUT2D eigenvalue weighted by Gasteiger charge is 2.46. The minimum absolute atomic E-state index is 0.0344. The predicted octanol–water partition coefficient (Wildman–Crippen LogP) is 5.68. The molecule has 1 atom stereocenters. The summed E-state index contributed by atoms with van der Waals surface area (Å²) < 4.78 is 10.7. The number of ether oxygens (including phenoxy) is 2. The van der Waals surface area contributed by atoms with E-state index in [4.69, 9.17) is 9.47 Å². The summed E-state index contributed by atoms with van der Waals surface area (Å²) in [7, 11) is 3.12. The molecule has 1 fully saturated rings. The smallest absolute Gasteiger partial charge is 0.295 e. The van der Waals surface area contributed by atoms with Crippen LogP contribution in [0.2, 0.25) is 0 Å². The molecule has 2 N–H and O–H groups in total. The number of hydrogen-bond acceptors (Lipinski definition) is 6. The van der Waals surface area contributed by atoms with Gasteiger partial charge in [0.15, 0.2) is 11.5 Å². The molecule has 3 aromatic rings. The molecule has 1 amide bonds. The van der Waals surface area contributed by atoms with Gasteiger partial charge in [-0.25, -0.2) is 0 Å². The van der Waals surface area contributed by atoms with Crippen molar-refractivity contribution in [3.05, 3.63) is 94.1 Å². The zero-order chi connectivity index (χ0) is 28.5. The number of benzene rings is 3. The van der Waals surface area contributed by atoms with E-state index in [0.29, 0.717) is 29.0 Å². The molecule has 0 radical (unpaired) electrons. The lowest BCUT2D eigenvalue weighted by molar-refractivity contribution is -0.139. The van der Waals surface area contributed by atoms with Gasteiger partial charge in [-0.15, -0.1) is 0 Å². The van der Waals surface area contributed by atoms with Gasteiger partial charge in [0.05, 0.1) is 25.8 Å². The van der Waals surface area contributed by atoms with Gasteiger partial charge in [-0.3, -0.25) is 9.59 Å². The molecule has 1 aliphatic rings. The average Bonchev–Trinajstić information content (AvgIpc) is 3.16. The summed E-state index contributed by atoms with van der Waals surface area (Å²) >= 11 is 0. The third-order valence-electron chi connectivity index (χ3n) is 7.20. The van der Waals surface area contributed by atoms with E-state index in [9.17, 15) is 19.8 Å². The highest BCUT2D eigenvalue weighted by Crippen LogP contribution is 2.41. The standard InChI is InChI=1S/C32H35NO6/c1-19-7-11-22(32(2,3)4)18-24(19)29(35)27-28(21-9-12-23(34)13-10-21)33(31(37)30(27)36)16-15-20-8-14-25(38-5)26(17-20)39-6/h7-14,17-18,28,34-35H,15-16H2,1-6H3/b29-27+. The van der Waals surface area contributed by atoms with Crippen LogP contribution in [0.3, 0.4) is 0 Å². The molecule has 1 saturated heterocycles. The number of carbonyl (C=O) groups is 2. The summed E-state index contributed by atoms with van der Waals surface area (Å²) in [6.07, 6.45) is 0.445. The number of hydrogen-bond donors (Lipinski definition) is 2. The van der Waals surface area contributed by atoms with Crippen molar-refractivity contribution < 1.29 is 29.3 Å². The van der Waals surface area contributed by atoms with E-state index in [1.54, 1.807) is 32.4 Å². The number of aliphatic hydroxyl groups is 1. The van der Waals surface area contributed by atoms with Gasteiger partial charge in [0.25, 0.3) is 11.7 Å². The van der Waals surface area contributed by atoms with E-state index < -0.39 is 17.7 Å². The molecule has 7 heteroatoms. The normalized spacial score (nSPS) is 17.0. The number of aliphatic hydroxyl groups excluding tert-OH is 1. The lowest BCUT2D eigenvalue weighted by atomic mass is 9.84. The number of nitrogens with zero attached hydrogens (tertiary/aromatic N) is 1. The maximum atomic E-state index is 13.5. The van der Waals surface area contributed by atoms with Crippen molar-refractivity contribution >= 4 is 17.4 Å². The second-order valence-electron chi connectivity index (χ2n) is 10.8. The lowest BCUT2D eigenvalue weighted by Crippen LogP contribution is -2.31. The molecule has 1 aliphatic heterocycles. The Bertz CT molecular complexity index is 1430. The van der Waals surface area contributed by atoms with Gasteiger partial charge in [0.1, 0.15) is 11.5 Å². The molecule has 0 spiro atoms. The molecule has 0 bridgehead atoms. The first-order valence-electron chi connectivity index (χ1n) is 12.9. The largest absolute Gasteiger partial charge is 0.508 e. The van der Waals surface area contributed by atoms with Crippen LogP contribution in [-0.4, -0.2) is 47.6 Å². The summed E-state index contributed by atoms with van der Waals surface area (Å²) in [4.78, 5) is 28.4. The van der Waals surface area contributed by atoms with Gasteiger partial charge >= 0.3 is 0 Å². The van der Waals surface area contributed by atoms with Crippen LogP contribution in [0.5, 0.6) is 17.2 Å². The molecule has 4 rings (SSSR count). The average molecular weight is 530 g/mol. The molecular weight excluding hydrogens is 494 g/mol. The molecule has 0 aliphatic carbocycles. The highest BCUT2D eigenvalue weighted by molar-refractivity contribution is 6.46. The number of phenols is 1. The summed E-state index contributed by atoms with van der Waals surface area (Å²) in [5, 5.41) is 21.5. The van der Waals surface area contributed by atoms with Crippen molar-refractivity contribution in [2.45, 2.75) is 45.6 Å². The van der Waals surface area contributed by atoms with E-state index in [0.717, 1.165) is 16.7 Å². The molecule has 1 heterocycles. The Balaban J connectivity index is 1.80. The van der Waals surface area contributed by atoms with Gasteiger partial charge in [-0.1, -0.05) is 51.1 Å². The molecule has 1 unspecified atom stereocenters. The Kier molecular flexibility index (Phi) is 7.72. The fourth-order valence-corrected chi connectivity index (χ4v) is 4.89. The Labute approximate surface area is 229 Å². The molecule has 39 heavy (non-hydrogen) atoms. The first-order chi connectivity index (χ1) is 18.5. The number of rotatable bonds is 7. The Morgan fingerprint density at radius 1 is 0.923 bits per heavy atom. The lowest BCUT2D eigenvalue weighted by Gasteiger charge is -2.26. The van der Waals surface area contributed by atoms with Crippen molar-refractivity contribution in [2.75, 3.05) is 20.8 Å². The quantitative estimate of drug-likeness (QED) is 0.232. The van der Waals surface area contributed by atoms with Crippen LogP contribution in [0.1, 0.15) is 54.6 Å². The van der Waals surface area contributed by atoms with Crippen molar-refractivity contribution in [2.24, 2.45) is 0 Å². The number of carbonyl (C=O) groups excluding carboxylic acids is 2. The maximum Gasteiger partial charge on any atom is 0.295 e. The Morgan fingerprint density at radius 3 is 2.21 bits per heavy atom. The van der Waals surface area contributed by atoms with Crippen LogP contribution in [0, 0.1) is 6.92 Å². The van der Waals surface area contributed by atoms with E-state index in [1.165, 1.54) is 17.0 Å². The van der Waals surface area contributed by atoms with E-state index in [1.807, 2.05) is 37.3 Å². The first-order valence-corrected chi connectivity index (χ1v) is 12.9. The third-order valence-corrected chi connectivity index (χ3v) is 7.20. The fourth-order valence-electron chi connectivity index (χ4n) is 4.89. The Hall–Kier alpha value is -4.26. The minimum Gasteiger partial charge on any atom is -0.508 e. The number of ketones is 1. The summed E-state index contributed by atoms with van der Waals surface area (Å²) in [5.41, 5.74) is 3.68. The van der Waals surface area contributed by atoms with Crippen LogP contribution in [-0.2, 0) is 21.4 Å². The zero-order valence-electron chi connectivity index (χ0n) is 23.2. The Morgan fingerprint density at radius 2 is 1.59 bits per heavy atom. The topological polar surface area (TPSA) is 96.3 Å². The van der Waals surface area contributed by atoms with Gasteiger partial charge in [-0.05, 0) is 71.3 Å². The number of Topliss-reactive ketones (excluding diaryl/α,β-unsaturated/α-hetero) is 1. The van der Waals surface area contributed by atoms with Gasteiger partial charge in [-0.2, -0.15) is 0 Å². The maximum absolute atomic E-state index is 13.5. The molecule has 3 aromatic carbocycles. The van der Waals surface area contributed by atoms with E-state index in [-0.39, 0.29) is 29.0 Å². The monoisotopic (exact) mass is 529 g/mol. The highest BCUT2D eigenvalue weighted by atomic mass is 16.5. The van der Waals surface area contributed by atoms with Gasteiger partial charge in [0, 0.05) is 12.1 Å². The van der Waals surface area contributed by atoms with Crippen molar-refractivity contribution in [3.63, 3.8) is 0 Å². The predicted molar refractivity (Wildman–Crippen MR) is 150 cm³/mol. The number of likely N-dealkylation sites (tertiary alicyclic amines) is 1. The first kappa shape index (κ1) is 27.8. The summed E-state index contributed by atoms with van der Waals surface area (Å²) in [5.74, 6) is -0.392. The second-order valence-corrected chi connectivity index (χ2v) is 10.8. The molecule has 0 aromatic heterocycles. The van der Waals surface area contributed by atoms with Crippen molar-refractivity contribution in [1.82, 2.24) is 4.90 Å². The van der Waals surface area contributed by atoms with Gasteiger partial charge in [0.2, 0.25) is 0 Å². The van der Waals surface area contributed by atoms with Crippen LogP contribution < -0.4 is 9.47 Å². The number of phenolic OH excluding ortho intramolecular Hbond substituents is 1. The number of aryl methyl sites for hydroxylation is 1. The molecule has 204 valence electrons. The second kappa shape index (κ2) is 10.8. The van der Waals surface area contributed by atoms with Crippen LogP contribution in [0.15, 0.2) is 66.2 Å². The number of methoxy groups -OCH3 is 2. The van der Waals surface area contributed by atoms with E-state index >= 15 is 0 Å². The minimum atomic E-state index is -0.816. The molecule has 0 saturated carbocycles. The summed E-state index contributed by atoms with van der Waals surface area (Å²) in [6.45, 7) is 8.31. The zero-order valence-corrected chi connectivity index (χ0v) is 23.2. The van der Waals surface area contributed by atoms with Crippen molar-refractivity contribution in [3.8, 4) is 17.2 Å². The van der Waals surface area contributed by atoms with Gasteiger partial charge < -0.3 is 24.6 Å². The van der Waals surface area contributed by atoms with Crippen LogP contribution in [0.25, 0.3) is 5.76 Å². The third kappa shape index (κ3) is 5.48. The summed E-state index contributed by atoms with van der Waals surface area (Å²) in [6, 6.07) is 16.9. The van der Waals surface area contributed by atoms with Crippen molar-refractivity contribution in [1.29, 1.82) is 0 Å². The fraction of sp³-hybridized carbons (Fsp3) is 0.312. The van der Waals surface area contributed by atoms with Crippen LogP contribution >= 0.6 is 0 Å². The van der Waals surface area contributed by atoms with E-state index in [2.05, 4.69) is 20.8 Å².